The lowest BCUT2D eigenvalue weighted by Gasteiger charge is -2.34. The number of nitro benzene ring substituents is 1. The van der Waals surface area contributed by atoms with E-state index in [-0.39, 0.29) is 0 Å². The summed E-state index contributed by atoms with van der Waals surface area (Å²) < 4.78 is 25.1. The third kappa shape index (κ3) is 3.82. The molecule has 106 valence electrons. The molecular weight excluding hydrogens is 282 g/mol. The predicted octanol–water partition coefficient (Wildman–Crippen LogP) is 2.39. The molecule has 1 saturated carbocycles. The monoisotopic (exact) mass is 294 g/mol. The van der Waals surface area contributed by atoms with Crippen LogP contribution >= 0.6 is 11.6 Å². The number of hydrogen-bond donors (Lipinski definition) is 2. The highest BCUT2D eigenvalue weighted by Crippen LogP contribution is 2.29. The maximum atomic E-state index is 12.7. The molecule has 0 spiro atoms. The van der Waals surface area contributed by atoms with Crippen LogP contribution in [0.15, 0.2) is 12.1 Å². The van der Waals surface area contributed by atoms with Crippen molar-refractivity contribution in [3.63, 3.8) is 0 Å². The average molecular weight is 295 g/mol. The Labute approximate surface area is 113 Å². The second-order valence-electron chi connectivity index (χ2n) is 4.23. The summed E-state index contributed by atoms with van der Waals surface area (Å²) in [6.45, 7) is 0.438. The van der Waals surface area contributed by atoms with Gasteiger partial charge in [-0.05, 0) is 25.3 Å². The van der Waals surface area contributed by atoms with Crippen LogP contribution in [-0.4, -0.2) is 22.2 Å². The summed E-state index contributed by atoms with van der Waals surface area (Å²) in [6, 6.07) is 1.46. The maximum Gasteiger partial charge on any atom is 0.306 e. The van der Waals surface area contributed by atoms with E-state index in [1.165, 1.54) is 0 Å². The smallest absolute Gasteiger partial charge is 0.306 e. The van der Waals surface area contributed by atoms with Gasteiger partial charge in [-0.3, -0.25) is 10.1 Å². The highest BCUT2D eigenvalue weighted by atomic mass is 35.5. The van der Waals surface area contributed by atoms with Crippen molar-refractivity contribution in [2.75, 3.05) is 6.54 Å². The van der Waals surface area contributed by atoms with E-state index in [1.807, 2.05) is 0 Å². The second kappa shape index (κ2) is 6.23. The van der Waals surface area contributed by atoms with Gasteiger partial charge in [0.1, 0.15) is 10.8 Å². The van der Waals surface area contributed by atoms with Crippen molar-refractivity contribution in [1.29, 1.82) is 0 Å². The Hall–Kier alpha value is -1.31. The fourth-order valence-electron chi connectivity index (χ4n) is 1.45. The first-order chi connectivity index (χ1) is 8.80. The van der Waals surface area contributed by atoms with E-state index in [9.17, 15) is 18.9 Å². The van der Waals surface area contributed by atoms with Gasteiger partial charge in [0.2, 0.25) is 5.82 Å². The number of nitro groups is 1. The summed E-state index contributed by atoms with van der Waals surface area (Å²) in [7, 11) is 0. The van der Waals surface area contributed by atoms with Crippen molar-refractivity contribution >= 4 is 17.3 Å². The third-order valence-electron chi connectivity index (χ3n) is 2.88. The standard InChI is InChI=1S/C6H2ClF2NO2.C5H11NO/c7-5-3(8)1-2-4(6(5)9)10(11)12;6-4-5(7)2-1-3-5/h1-2H;7H,1-4,6H2. The average Bonchev–Trinajstić information content (AvgIpc) is 2.33. The van der Waals surface area contributed by atoms with E-state index < -0.39 is 32.9 Å². The highest BCUT2D eigenvalue weighted by Gasteiger charge is 2.32. The van der Waals surface area contributed by atoms with Crippen LogP contribution < -0.4 is 5.73 Å². The topological polar surface area (TPSA) is 89.4 Å². The molecule has 19 heavy (non-hydrogen) atoms. The van der Waals surface area contributed by atoms with Gasteiger partial charge in [0.15, 0.2) is 0 Å². The van der Waals surface area contributed by atoms with Gasteiger partial charge in [0, 0.05) is 12.6 Å². The van der Waals surface area contributed by atoms with Gasteiger partial charge in [-0.1, -0.05) is 11.6 Å². The van der Waals surface area contributed by atoms with Crippen molar-refractivity contribution in [3.8, 4) is 0 Å². The summed E-state index contributed by atoms with van der Waals surface area (Å²) in [6.07, 6.45) is 2.96. The molecule has 5 nitrogen and oxygen atoms in total. The molecule has 0 radical (unpaired) electrons. The molecule has 0 heterocycles. The Morgan fingerprint density at radius 1 is 1.47 bits per heavy atom. The number of hydrogen-bond acceptors (Lipinski definition) is 4. The summed E-state index contributed by atoms with van der Waals surface area (Å²) in [5.74, 6) is -2.36. The van der Waals surface area contributed by atoms with Crippen LogP contribution in [0.4, 0.5) is 14.5 Å². The van der Waals surface area contributed by atoms with Gasteiger partial charge in [-0.25, -0.2) is 4.39 Å². The third-order valence-corrected chi connectivity index (χ3v) is 3.22. The molecule has 1 aromatic carbocycles. The summed E-state index contributed by atoms with van der Waals surface area (Å²) in [4.78, 5) is 9.10. The van der Waals surface area contributed by atoms with Gasteiger partial charge in [-0.2, -0.15) is 4.39 Å². The number of aliphatic hydroxyl groups is 1. The van der Waals surface area contributed by atoms with Crippen LogP contribution in [0, 0.1) is 21.7 Å². The zero-order chi connectivity index (χ0) is 14.6. The molecule has 0 atom stereocenters. The Morgan fingerprint density at radius 2 is 2.05 bits per heavy atom. The first kappa shape index (κ1) is 15.7. The van der Waals surface area contributed by atoms with Crippen LogP contribution in [0.3, 0.4) is 0 Å². The minimum absolute atomic E-state index is 0.438. The van der Waals surface area contributed by atoms with Crippen molar-refractivity contribution < 1.29 is 18.8 Å². The molecule has 0 amide bonds. The predicted molar refractivity (Wildman–Crippen MR) is 65.9 cm³/mol. The molecule has 1 aromatic rings. The molecule has 2 rings (SSSR count). The van der Waals surface area contributed by atoms with E-state index in [2.05, 4.69) is 0 Å². The zero-order valence-corrected chi connectivity index (χ0v) is 10.7. The van der Waals surface area contributed by atoms with E-state index in [4.69, 9.17) is 22.4 Å². The molecule has 0 aliphatic heterocycles. The van der Waals surface area contributed by atoms with Crippen molar-refractivity contribution in [2.24, 2.45) is 5.73 Å². The number of halogens is 3. The molecular formula is C11H13ClF2N2O3. The molecule has 1 aliphatic carbocycles. The van der Waals surface area contributed by atoms with Crippen LogP contribution in [0.1, 0.15) is 19.3 Å². The Balaban J connectivity index is 0.000000218. The molecule has 0 unspecified atom stereocenters. The van der Waals surface area contributed by atoms with Gasteiger partial charge in [0.05, 0.1) is 10.5 Å². The van der Waals surface area contributed by atoms with Gasteiger partial charge >= 0.3 is 5.69 Å². The van der Waals surface area contributed by atoms with Crippen LogP contribution in [-0.2, 0) is 0 Å². The minimum atomic E-state index is -1.35. The molecule has 8 heteroatoms. The zero-order valence-electron chi connectivity index (χ0n) is 9.91. The minimum Gasteiger partial charge on any atom is -0.389 e. The molecule has 0 aromatic heterocycles. The maximum absolute atomic E-state index is 12.7. The largest absolute Gasteiger partial charge is 0.389 e. The van der Waals surface area contributed by atoms with E-state index >= 15 is 0 Å². The van der Waals surface area contributed by atoms with Crippen molar-refractivity contribution in [1.82, 2.24) is 0 Å². The van der Waals surface area contributed by atoms with Gasteiger partial charge < -0.3 is 10.8 Å². The Kier molecular flexibility index (Phi) is 5.16. The number of benzene rings is 1. The second-order valence-corrected chi connectivity index (χ2v) is 4.61. The van der Waals surface area contributed by atoms with Crippen LogP contribution in [0.2, 0.25) is 5.02 Å². The fourth-order valence-corrected chi connectivity index (χ4v) is 1.61. The van der Waals surface area contributed by atoms with Crippen molar-refractivity contribution in [2.45, 2.75) is 24.9 Å². The van der Waals surface area contributed by atoms with E-state index in [0.717, 1.165) is 31.4 Å². The van der Waals surface area contributed by atoms with Gasteiger partial charge in [-0.15, -0.1) is 0 Å². The lowest BCUT2D eigenvalue weighted by atomic mass is 9.81. The highest BCUT2D eigenvalue weighted by molar-refractivity contribution is 6.31. The van der Waals surface area contributed by atoms with Crippen LogP contribution in [0.25, 0.3) is 0 Å². The number of nitrogens with two attached hydrogens (primary N) is 1. The van der Waals surface area contributed by atoms with Crippen molar-refractivity contribution in [3.05, 3.63) is 38.9 Å². The number of nitrogens with zero attached hydrogens (tertiary/aromatic N) is 1. The summed E-state index contributed by atoms with van der Waals surface area (Å²) in [5.41, 5.74) is 3.93. The first-order valence-corrected chi connectivity index (χ1v) is 5.89. The molecule has 1 aliphatic rings. The molecule has 0 saturated heterocycles. The lowest BCUT2D eigenvalue weighted by Crippen LogP contribution is -2.43. The number of rotatable bonds is 2. The molecule has 0 bridgehead atoms. The van der Waals surface area contributed by atoms with E-state index in [1.54, 1.807) is 0 Å². The normalized spacial score (nSPS) is 16.1. The molecule has 1 fully saturated rings. The SMILES string of the molecule is NCC1(O)CCC1.O=[N+]([O-])c1ccc(F)c(Cl)c1F. The Morgan fingerprint density at radius 3 is 2.37 bits per heavy atom. The quantitative estimate of drug-likeness (QED) is 0.498. The van der Waals surface area contributed by atoms with Crippen LogP contribution in [0.5, 0.6) is 0 Å². The van der Waals surface area contributed by atoms with E-state index in [0.29, 0.717) is 6.54 Å². The fraction of sp³-hybridized carbons (Fsp3) is 0.455. The van der Waals surface area contributed by atoms with Gasteiger partial charge in [0.25, 0.3) is 0 Å². The first-order valence-electron chi connectivity index (χ1n) is 5.51. The summed E-state index contributed by atoms with van der Waals surface area (Å²) >= 11 is 5.07. The summed E-state index contributed by atoms with van der Waals surface area (Å²) in [5, 5.41) is 18.3. The lowest BCUT2D eigenvalue weighted by molar-refractivity contribution is -0.387. The molecule has 3 N–H and O–H groups in total. The Bertz CT molecular complexity index is 476.